The van der Waals surface area contributed by atoms with Crippen molar-refractivity contribution in [1.82, 2.24) is 20.0 Å². The lowest BCUT2D eigenvalue weighted by molar-refractivity contribution is -0.156. The summed E-state index contributed by atoms with van der Waals surface area (Å²) in [6.07, 6.45) is 5.54. The van der Waals surface area contributed by atoms with E-state index in [2.05, 4.69) is 24.1 Å². The number of carbonyl (C=O) groups is 4. The highest BCUT2D eigenvalue weighted by atomic mass is 16.5. The van der Waals surface area contributed by atoms with E-state index in [4.69, 9.17) is 4.74 Å². The Balaban J connectivity index is 1.73. The van der Waals surface area contributed by atoms with Crippen LogP contribution in [0.1, 0.15) is 99.2 Å². The van der Waals surface area contributed by atoms with E-state index >= 15 is 0 Å². The fourth-order valence-electron chi connectivity index (χ4n) is 6.59. The summed E-state index contributed by atoms with van der Waals surface area (Å²) in [6.45, 7) is 17.0. The van der Waals surface area contributed by atoms with Gasteiger partial charge in [0.1, 0.15) is 18.2 Å². The van der Waals surface area contributed by atoms with Crippen LogP contribution in [0.4, 0.5) is 0 Å². The van der Waals surface area contributed by atoms with Gasteiger partial charge in [-0.3, -0.25) is 19.3 Å². The van der Waals surface area contributed by atoms with Crippen LogP contribution >= 0.6 is 0 Å². The predicted octanol–water partition coefficient (Wildman–Crippen LogP) is 5.11. The van der Waals surface area contributed by atoms with Crippen molar-refractivity contribution in [2.45, 2.75) is 124 Å². The average molecular weight is 625 g/mol. The molecular weight excluding hydrogens is 568 g/mol. The number of nitrogens with one attached hydrogen (secondary N) is 1. The number of piperidine rings is 1. The Labute approximate surface area is 270 Å². The molecule has 5 atom stereocenters. The molecule has 9 nitrogen and oxygen atoms in total. The zero-order chi connectivity index (χ0) is 33.4. The van der Waals surface area contributed by atoms with E-state index in [1.54, 1.807) is 23.8 Å². The number of likely N-dealkylation sites (tertiary alicyclic amines) is 2. The highest BCUT2D eigenvalue weighted by molar-refractivity contribution is 5.96. The van der Waals surface area contributed by atoms with Crippen LogP contribution in [0.3, 0.4) is 0 Å². The molecule has 45 heavy (non-hydrogen) atoms. The Morgan fingerprint density at radius 1 is 0.889 bits per heavy atom. The predicted molar refractivity (Wildman–Crippen MR) is 177 cm³/mol. The van der Waals surface area contributed by atoms with E-state index in [0.717, 1.165) is 37.8 Å². The Hall–Kier alpha value is -3.20. The van der Waals surface area contributed by atoms with E-state index in [0.29, 0.717) is 18.5 Å². The average Bonchev–Trinajstić information content (AvgIpc) is 3.51. The summed E-state index contributed by atoms with van der Waals surface area (Å²) in [7, 11) is 1.74. The van der Waals surface area contributed by atoms with Crippen LogP contribution in [-0.4, -0.2) is 88.7 Å². The standard InChI is InChI=1S/C36H56N4O5/c1-23(2)31(38(9)35(43)32(24(3)4)37-33(41)29-18-13-14-20-39(29)25(5)6)22-26(7)34(42)40-21-15-19-30(40)36(44)45-27(8)28-16-11-10-12-17-28/h10-12,16-17,22-25,27,29-32H,13-15,18-21H2,1-9H3,(H,37,41)/b26-22+/t27-,29+,30?,31+,32-/m0/s1. The second-order valence-corrected chi connectivity index (χ2v) is 13.8. The Bertz CT molecular complexity index is 1200. The third-order valence-corrected chi connectivity index (χ3v) is 9.32. The molecule has 1 aromatic rings. The summed E-state index contributed by atoms with van der Waals surface area (Å²) in [5, 5.41) is 3.09. The van der Waals surface area contributed by atoms with Crippen LogP contribution < -0.4 is 5.32 Å². The molecule has 0 saturated carbocycles. The summed E-state index contributed by atoms with van der Waals surface area (Å²) in [6, 6.07) is 7.84. The number of hydrogen-bond acceptors (Lipinski definition) is 6. The molecule has 0 spiro atoms. The normalized spacial score (nSPS) is 21.5. The summed E-state index contributed by atoms with van der Waals surface area (Å²) in [5.74, 6) is -1.02. The number of nitrogens with zero attached hydrogens (tertiary/aromatic N) is 3. The van der Waals surface area contributed by atoms with Gasteiger partial charge >= 0.3 is 5.97 Å². The fraction of sp³-hybridized carbons (Fsp3) is 0.667. The minimum atomic E-state index is -0.687. The smallest absolute Gasteiger partial charge is 0.329 e. The lowest BCUT2D eigenvalue weighted by Crippen LogP contribution is -2.58. The first kappa shape index (κ1) is 36.3. The van der Waals surface area contributed by atoms with Crippen molar-refractivity contribution in [3.05, 3.63) is 47.5 Å². The van der Waals surface area contributed by atoms with Gasteiger partial charge in [-0.15, -0.1) is 0 Å². The van der Waals surface area contributed by atoms with Crippen molar-refractivity contribution in [3.63, 3.8) is 0 Å². The Morgan fingerprint density at radius 3 is 2.13 bits per heavy atom. The molecule has 0 aromatic heterocycles. The quantitative estimate of drug-likeness (QED) is 0.256. The summed E-state index contributed by atoms with van der Waals surface area (Å²) >= 11 is 0. The molecule has 3 amide bonds. The highest BCUT2D eigenvalue weighted by Gasteiger charge is 2.38. The minimum absolute atomic E-state index is 0.00560. The van der Waals surface area contributed by atoms with Gasteiger partial charge in [0.05, 0.1) is 12.1 Å². The zero-order valence-electron chi connectivity index (χ0n) is 28.9. The van der Waals surface area contributed by atoms with Gasteiger partial charge in [0.25, 0.3) is 0 Å². The number of esters is 1. The van der Waals surface area contributed by atoms with E-state index < -0.39 is 24.2 Å². The first-order valence-electron chi connectivity index (χ1n) is 16.8. The van der Waals surface area contributed by atoms with Gasteiger partial charge in [0.15, 0.2) is 0 Å². The van der Waals surface area contributed by atoms with Crippen molar-refractivity contribution in [3.8, 4) is 0 Å². The van der Waals surface area contributed by atoms with E-state index in [-0.39, 0.29) is 47.7 Å². The van der Waals surface area contributed by atoms with Crippen LogP contribution in [0, 0.1) is 11.8 Å². The molecule has 0 radical (unpaired) electrons. The molecule has 1 unspecified atom stereocenters. The third kappa shape index (κ3) is 9.18. The molecule has 9 heteroatoms. The van der Waals surface area contributed by atoms with Crippen LogP contribution in [0.2, 0.25) is 0 Å². The monoisotopic (exact) mass is 624 g/mol. The van der Waals surface area contributed by atoms with Gasteiger partial charge in [-0.05, 0) is 77.3 Å². The summed E-state index contributed by atoms with van der Waals surface area (Å²) in [5.41, 5.74) is 1.38. The summed E-state index contributed by atoms with van der Waals surface area (Å²) < 4.78 is 5.77. The van der Waals surface area contributed by atoms with Gasteiger partial charge in [0.2, 0.25) is 17.7 Å². The van der Waals surface area contributed by atoms with Crippen molar-refractivity contribution >= 4 is 23.7 Å². The van der Waals surface area contributed by atoms with E-state index in [1.807, 2.05) is 71.0 Å². The van der Waals surface area contributed by atoms with Gasteiger partial charge in [-0.2, -0.15) is 0 Å². The maximum atomic E-state index is 13.9. The van der Waals surface area contributed by atoms with Gasteiger partial charge in [-0.1, -0.05) is 70.5 Å². The van der Waals surface area contributed by atoms with Crippen LogP contribution in [-0.2, 0) is 23.9 Å². The first-order valence-corrected chi connectivity index (χ1v) is 16.8. The van der Waals surface area contributed by atoms with E-state index in [9.17, 15) is 19.2 Å². The maximum Gasteiger partial charge on any atom is 0.329 e. The molecule has 0 aliphatic carbocycles. The topological polar surface area (TPSA) is 99.3 Å². The lowest BCUT2D eigenvalue weighted by atomic mass is 9.95. The molecule has 1 N–H and O–H groups in total. The number of ether oxygens (including phenoxy) is 1. The number of carbonyl (C=O) groups excluding carboxylic acids is 4. The number of benzene rings is 1. The van der Waals surface area contributed by atoms with Crippen LogP contribution in [0.5, 0.6) is 0 Å². The number of amides is 3. The number of likely N-dealkylation sites (N-methyl/N-ethyl adjacent to an activating group) is 1. The van der Waals surface area contributed by atoms with Crippen molar-refractivity contribution in [2.75, 3.05) is 20.1 Å². The summed E-state index contributed by atoms with van der Waals surface area (Å²) in [4.78, 5) is 59.8. The number of rotatable bonds is 12. The largest absolute Gasteiger partial charge is 0.456 e. The third-order valence-electron chi connectivity index (χ3n) is 9.32. The van der Waals surface area contributed by atoms with Crippen LogP contribution in [0.15, 0.2) is 42.0 Å². The highest BCUT2D eigenvalue weighted by Crippen LogP contribution is 2.26. The fourth-order valence-corrected chi connectivity index (χ4v) is 6.59. The molecule has 1 aromatic carbocycles. The van der Waals surface area contributed by atoms with Crippen molar-refractivity contribution in [1.29, 1.82) is 0 Å². The molecule has 0 bridgehead atoms. The Kier molecular flexibility index (Phi) is 13.2. The maximum absolute atomic E-state index is 13.9. The van der Waals surface area contributed by atoms with Gasteiger partial charge < -0.3 is 19.9 Å². The molecule has 3 rings (SSSR count). The molecule has 2 aliphatic rings. The molecule has 250 valence electrons. The van der Waals surface area contributed by atoms with Gasteiger partial charge in [0, 0.05) is 25.2 Å². The second kappa shape index (κ2) is 16.4. The minimum Gasteiger partial charge on any atom is -0.456 e. The van der Waals surface area contributed by atoms with Crippen LogP contribution in [0.25, 0.3) is 0 Å². The zero-order valence-corrected chi connectivity index (χ0v) is 28.9. The molecule has 2 aliphatic heterocycles. The van der Waals surface area contributed by atoms with Crippen molar-refractivity contribution < 1.29 is 23.9 Å². The molecule has 2 saturated heterocycles. The van der Waals surface area contributed by atoms with E-state index in [1.165, 1.54) is 0 Å². The number of hydrogen-bond donors (Lipinski definition) is 1. The molecule has 2 fully saturated rings. The molecule has 2 heterocycles. The van der Waals surface area contributed by atoms with Gasteiger partial charge in [-0.25, -0.2) is 4.79 Å². The SMILES string of the molecule is C/C(=C\[C@H](C(C)C)N(C)C(=O)[C@@H](NC(=O)[C@H]1CCCCN1C(C)C)C(C)C)C(=O)N1CCCC1C(=O)O[C@@H](C)c1ccccc1. The Morgan fingerprint density at radius 2 is 1.53 bits per heavy atom. The lowest BCUT2D eigenvalue weighted by Gasteiger charge is -2.39. The second-order valence-electron chi connectivity index (χ2n) is 13.8. The first-order chi connectivity index (χ1) is 21.2. The van der Waals surface area contributed by atoms with Crippen molar-refractivity contribution in [2.24, 2.45) is 11.8 Å². The molecular formula is C36H56N4O5.